The predicted molar refractivity (Wildman–Crippen MR) is 156 cm³/mol. The molecule has 9 heteroatoms. The van der Waals surface area contributed by atoms with Crippen LogP contribution < -0.4 is 19.1 Å². The monoisotopic (exact) mass is 558 g/mol. The fourth-order valence-corrected chi connectivity index (χ4v) is 5.66. The molecule has 0 aliphatic carbocycles. The van der Waals surface area contributed by atoms with Crippen molar-refractivity contribution in [2.24, 2.45) is 0 Å². The van der Waals surface area contributed by atoms with Crippen molar-refractivity contribution >= 4 is 44.1 Å². The Morgan fingerprint density at radius 3 is 2.48 bits per heavy atom. The lowest BCUT2D eigenvalue weighted by Gasteiger charge is -2.24. The average molecular weight is 559 g/mol. The number of carbonyl (C=O) groups excluding carboxylic acids is 2. The molecule has 1 unspecified atom stereocenters. The van der Waals surface area contributed by atoms with Crippen LogP contribution in [0.15, 0.2) is 66.2 Å². The summed E-state index contributed by atoms with van der Waals surface area (Å²) in [7, 11) is 3.12. The van der Waals surface area contributed by atoms with Crippen molar-refractivity contribution in [2.75, 3.05) is 25.7 Å². The summed E-state index contributed by atoms with van der Waals surface area (Å²) in [6.45, 7) is 4.55. The topological polar surface area (TPSA) is 98.2 Å². The van der Waals surface area contributed by atoms with E-state index in [1.165, 1.54) is 23.3 Å². The molecule has 5 rings (SSSR count). The number of unbranched alkanes of at least 4 members (excludes halogenated alkanes) is 1. The van der Waals surface area contributed by atoms with Gasteiger partial charge in [-0.05, 0) is 49.2 Å². The molecule has 0 bridgehead atoms. The molecule has 1 fully saturated rings. The van der Waals surface area contributed by atoms with E-state index in [1.54, 1.807) is 49.6 Å². The van der Waals surface area contributed by atoms with Gasteiger partial charge >= 0.3 is 5.91 Å². The molecule has 40 heavy (non-hydrogen) atoms. The second kappa shape index (κ2) is 11.4. The number of ether oxygens (including phenoxy) is 3. The maximum absolute atomic E-state index is 13.6. The number of nitrogens with zero attached hydrogens (tertiary/aromatic N) is 2. The molecule has 1 saturated heterocycles. The number of thiazole rings is 1. The highest BCUT2D eigenvalue weighted by molar-refractivity contribution is 7.22. The second-order valence-corrected chi connectivity index (χ2v) is 10.5. The summed E-state index contributed by atoms with van der Waals surface area (Å²) in [4.78, 5) is 33.2. The zero-order valence-corrected chi connectivity index (χ0v) is 23.6. The van der Waals surface area contributed by atoms with Gasteiger partial charge in [0.2, 0.25) is 0 Å². The van der Waals surface area contributed by atoms with Crippen molar-refractivity contribution < 1.29 is 28.9 Å². The number of amides is 1. The van der Waals surface area contributed by atoms with Crippen LogP contribution in [0.5, 0.6) is 17.2 Å². The Morgan fingerprint density at radius 1 is 1.00 bits per heavy atom. The van der Waals surface area contributed by atoms with Crippen molar-refractivity contribution in [3.05, 3.63) is 82.9 Å². The van der Waals surface area contributed by atoms with Crippen LogP contribution in [0.2, 0.25) is 0 Å². The third-order valence-electron chi connectivity index (χ3n) is 6.82. The minimum Gasteiger partial charge on any atom is -0.507 e. The molecule has 2 heterocycles. The Morgan fingerprint density at radius 2 is 1.77 bits per heavy atom. The molecule has 1 atom stereocenters. The number of Topliss-reactive ketones (excluding diaryl/α,β-unsaturated/α-hetero) is 1. The van der Waals surface area contributed by atoms with Gasteiger partial charge in [0.15, 0.2) is 16.6 Å². The molecule has 8 nitrogen and oxygen atoms in total. The first-order valence-electron chi connectivity index (χ1n) is 13.0. The van der Waals surface area contributed by atoms with Crippen LogP contribution in [0.3, 0.4) is 0 Å². The van der Waals surface area contributed by atoms with Gasteiger partial charge in [0.1, 0.15) is 11.5 Å². The van der Waals surface area contributed by atoms with Gasteiger partial charge in [0.25, 0.3) is 5.78 Å². The molecule has 3 aromatic carbocycles. The van der Waals surface area contributed by atoms with Gasteiger partial charge in [-0.2, -0.15) is 0 Å². The molecule has 1 aromatic heterocycles. The maximum atomic E-state index is 13.6. The number of ketones is 1. The quantitative estimate of drug-likeness (QED) is 0.109. The third-order valence-corrected chi connectivity index (χ3v) is 7.84. The number of aliphatic hydroxyl groups excluding tert-OH is 1. The molecule has 0 spiro atoms. The summed E-state index contributed by atoms with van der Waals surface area (Å²) in [6.07, 6.45) is 1.88. The number of methoxy groups -OCH3 is 2. The van der Waals surface area contributed by atoms with E-state index in [2.05, 4.69) is 11.9 Å². The number of aryl methyl sites for hydroxylation is 1. The van der Waals surface area contributed by atoms with E-state index in [4.69, 9.17) is 14.2 Å². The Labute approximate surface area is 236 Å². The number of carbonyl (C=O) groups is 2. The van der Waals surface area contributed by atoms with Gasteiger partial charge in [-0.25, -0.2) is 4.98 Å². The Kier molecular flexibility index (Phi) is 7.75. The van der Waals surface area contributed by atoms with Crippen molar-refractivity contribution in [3.8, 4) is 17.2 Å². The fraction of sp³-hybridized carbons (Fsp3) is 0.258. The lowest BCUT2D eigenvalue weighted by atomic mass is 9.95. The highest BCUT2D eigenvalue weighted by Gasteiger charge is 2.48. The Balaban J connectivity index is 1.68. The van der Waals surface area contributed by atoms with E-state index in [-0.39, 0.29) is 11.3 Å². The van der Waals surface area contributed by atoms with Crippen molar-refractivity contribution in [2.45, 2.75) is 32.7 Å². The van der Waals surface area contributed by atoms with Gasteiger partial charge in [0.05, 0.1) is 42.7 Å². The van der Waals surface area contributed by atoms with Gasteiger partial charge in [-0.3, -0.25) is 14.5 Å². The van der Waals surface area contributed by atoms with Gasteiger partial charge in [0, 0.05) is 5.56 Å². The zero-order chi connectivity index (χ0) is 28.4. The summed E-state index contributed by atoms with van der Waals surface area (Å²) >= 11 is 1.27. The number of aromatic nitrogens is 1. The van der Waals surface area contributed by atoms with Crippen LogP contribution >= 0.6 is 11.3 Å². The van der Waals surface area contributed by atoms with Crippen LogP contribution in [0, 0.1) is 6.92 Å². The highest BCUT2D eigenvalue weighted by atomic mass is 32.1. The minimum atomic E-state index is -0.942. The molecular weight excluding hydrogens is 528 g/mol. The van der Waals surface area contributed by atoms with Crippen molar-refractivity contribution in [1.82, 2.24) is 4.98 Å². The molecule has 1 amide bonds. The minimum absolute atomic E-state index is 0.0209. The smallest absolute Gasteiger partial charge is 0.301 e. The standard InChI is InChI=1S/C31H30N2O6S/c1-5-6-15-39-23-14-11-20(16-24(23)38-4)27-26(28(34)19-9-7-18(2)8-10-19)29(35)30(36)33(27)31-32-22-13-12-21(37-3)17-25(22)40-31/h7-14,16-17,27,34H,5-6,15H2,1-4H3/b28-26+. The normalized spacial score (nSPS) is 16.5. The molecule has 0 saturated carbocycles. The van der Waals surface area contributed by atoms with E-state index in [0.717, 1.165) is 23.1 Å². The SMILES string of the molecule is CCCCOc1ccc(C2/C(=C(\O)c3ccc(C)cc3)C(=O)C(=O)N2c2nc3ccc(OC)cc3s2)cc1OC. The van der Waals surface area contributed by atoms with Crippen LogP contribution in [0.4, 0.5) is 5.13 Å². The molecule has 1 N–H and O–H groups in total. The molecule has 0 radical (unpaired) electrons. The van der Waals surface area contributed by atoms with Crippen molar-refractivity contribution in [3.63, 3.8) is 0 Å². The summed E-state index contributed by atoms with van der Waals surface area (Å²) in [6, 6.07) is 16.9. The highest BCUT2D eigenvalue weighted by Crippen LogP contribution is 2.46. The van der Waals surface area contributed by atoms with Gasteiger partial charge in [-0.15, -0.1) is 0 Å². The van der Waals surface area contributed by atoms with Crippen LogP contribution in [-0.4, -0.2) is 42.6 Å². The van der Waals surface area contributed by atoms with Crippen LogP contribution in [-0.2, 0) is 9.59 Å². The number of benzene rings is 3. The Bertz CT molecular complexity index is 1610. The van der Waals surface area contributed by atoms with Crippen molar-refractivity contribution in [1.29, 1.82) is 0 Å². The first kappa shape index (κ1) is 27.2. The number of anilines is 1. The lowest BCUT2D eigenvalue weighted by Crippen LogP contribution is -2.29. The molecule has 206 valence electrons. The van der Waals surface area contributed by atoms with Crippen LogP contribution in [0.25, 0.3) is 16.0 Å². The zero-order valence-electron chi connectivity index (χ0n) is 22.8. The third kappa shape index (κ3) is 5.00. The lowest BCUT2D eigenvalue weighted by molar-refractivity contribution is -0.132. The summed E-state index contributed by atoms with van der Waals surface area (Å²) < 4.78 is 17.7. The molecule has 1 aliphatic heterocycles. The summed E-state index contributed by atoms with van der Waals surface area (Å²) in [5.41, 5.74) is 2.66. The average Bonchev–Trinajstić information content (AvgIpc) is 3.50. The number of rotatable bonds is 9. The number of hydrogen-bond acceptors (Lipinski definition) is 8. The first-order valence-corrected chi connectivity index (χ1v) is 13.8. The Hall–Kier alpha value is -4.37. The van der Waals surface area contributed by atoms with Crippen LogP contribution in [0.1, 0.15) is 42.5 Å². The number of fused-ring (bicyclic) bond motifs is 1. The maximum Gasteiger partial charge on any atom is 0.301 e. The largest absolute Gasteiger partial charge is 0.507 e. The number of hydrogen-bond donors (Lipinski definition) is 1. The number of aliphatic hydroxyl groups is 1. The van der Waals surface area contributed by atoms with Gasteiger partial charge < -0.3 is 19.3 Å². The first-order chi connectivity index (χ1) is 19.4. The molecule has 1 aliphatic rings. The molecule has 4 aromatic rings. The van der Waals surface area contributed by atoms with E-state index in [0.29, 0.717) is 45.6 Å². The van der Waals surface area contributed by atoms with E-state index < -0.39 is 17.7 Å². The van der Waals surface area contributed by atoms with E-state index in [1.807, 2.05) is 25.1 Å². The van der Waals surface area contributed by atoms with E-state index in [9.17, 15) is 14.7 Å². The summed E-state index contributed by atoms with van der Waals surface area (Å²) in [5.74, 6) is -0.139. The van der Waals surface area contributed by atoms with Gasteiger partial charge in [-0.1, -0.05) is 60.6 Å². The summed E-state index contributed by atoms with van der Waals surface area (Å²) in [5, 5.41) is 11.8. The fourth-order valence-electron chi connectivity index (χ4n) is 4.63. The molecular formula is C31H30N2O6S. The van der Waals surface area contributed by atoms with E-state index >= 15 is 0 Å². The second-order valence-electron chi connectivity index (χ2n) is 9.48. The predicted octanol–water partition coefficient (Wildman–Crippen LogP) is 6.43.